The standard InChI is InChI=1S/C20H25ClFN5O2/c1-2-29-20(28)11-23-13-3-5-14(6-4-13)26-18-10-19(25-12-24-18)27-15-7-8-17(22)16(21)9-15/h7-10,12-14,23H,2-6,11H2,1H3,(H2,24,25,26,27). The molecule has 7 nitrogen and oxygen atoms in total. The van der Waals surface area contributed by atoms with Crippen molar-refractivity contribution in [3.8, 4) is 0 Å². The van der Waals surface area contributed by atoms with Crippen LogP contribution in [-0.2, 0) is 9.53 Å². The van der Waals surface area contributed by atoms with Crippen LogP contribution in [-0.4, -0.2) is 41.2 Å². The van der Waals surface area contributed by atoms with E-state index in [-0.39, 0.29) is 17.5 Å². The molecule has 0 amide bonds. The molecule has 0 saturated heterocycles. The molecule has 1 heterocycles. The molecule has 1 fully saturated rings. The van der Waals surface area contributed by atoms with Crippen molar-refractivity contribution in [2.75, 3.05) is 23.8 Å². The number of nitrogens with zero attached hydrogens (tertiary/aromatic N) is 2. The third kappa shape index (κ3) is 6.54. The van der Waals surface area contributed by atoms with Crippen LogP contribution in [0.1, 0.15) is 32.6 Å². The van der Waals surface area contributed by atoms with Crippen LogP contribution in [0.3, 0.4) is 0 Å². The van der Waals surface area contributed by atoms with Crippen LogP contribution >= 0.6 is 11.6 Å². The Labute approximate surface area is 174 Å². The number of hydrogen-bond donors (Lipinski definition) is 3. The van der Waals surface area contributed by atoms with Crippen LogP contribution in [0.2, 0.25) is 5.02 Å². The number of esters is 1. The molecule has 0 bridgehead atoms. The van der Waals surface area contributed by atoms with Gasteiger partial charge in [-0.3, -0.25) is 4.79 Å². The number of halogens is 2. The highest BCUT2D eigenvalue weighted by Gasteiger charge is 2.21. The van der Waals surface area contributed by atoms with Gasteiger partial charge in [-0.15, -0.1) is 0 Å². The minimum atomic E-state index is -0.463. The lowest BCUT2D eigenvalue weighted by atomic mass is 9.91. The van der Waals surface area contributed by atoms with E-state index in [1.807, 2.05) is 6.07 Å². The van der Waals surface area contributed by atoms with Crippen molar-refractivity contribution in [1.29, 1.82) is 0 Å². The summed E-state index contributed by atoms with van der Waals surface area (Å²) in [6.07, 6.45) is 5.37. The Morgan fingerprint density at radius 3 is 2.62 bits per heavy atom. The highest BCUT2D eigenvalue weighted by molar-refractivity contribution is 6.31. The zero-order valence-corrected chi connectivity index (χ0v) is 17.0. The largest absolute Gasteiger partial charge is 0.465 e. The van der Waals surface area contributed by atoms with Gasteiger partial charge in [-0.05, 0) is 50.8 Å². The SMILES string of the molecule is CCOC(=O)CNC1CCC(Nc2cc(Nc3ccc(F)c(Cl)c3)ncn2)CC1. The van der Waals surface area contributed by atoms with Crippen molar-refractivity contribution in [3.05, 3.63) is 41.4 Å². The second-order valence-corrected chi connectivity index (χ2v) is 7.33. The topological polar surface area (TPSA) is 88.2 Å². The predicted molar refractivity (Wildman–Crippen MR) is 111 cm³/mol. The number of aromatic nitrogens is 2. The van der Waals surface area contributed by atoms with Gasteiger partial charge < -0.3 is 20.7 Å². The molecule has 3 N–H and O–H groups in total. The summed E-state index contributed by atoms with van der Waals surface area (Å²) in [5, 5.41) is 9.85. The zero-order chi connectivity index (χ0) is 20.6. The van der Waals surface area contributed by atoms with E-state index < -0.39 is 5.82 Å². The first-order valence-electron chi connectivity index (χ1n) is 9.73. The fraction of sp³-hybridized carbons (Fsp3) is 0.450. The van der Waals surface area contributed by atoms with Crippen molar-refractivity contribution >= 4 is 34.9 Å². The summed E-state index contributed by atoms with van der Waals surface area (Å²) in [5.74, 6) is 0.638. The lowest BCUT2D eigenvalue weighted by Crippen LogP contribution is -2.39. The Balaban J connectivity index is 1.48. The van der Waals surface area contributed by atoms with E-state index in [9.17, 15) is 9.18 Å². The fourth-order valence-corrected chi connectivity index (χ4v) is 3.50. The van der Waals surface area contributed by atoms with Crippen molar-refractivity contribution in [3.63, 3.8) is 0 Å². The normalized spacial score (nSPS) is 18.9. The first-order valence-corrected chi connectivity index (χ1v) is 10.1. The van der Waals surface area contributed by atoms with Crippen LogP contribution in [0.4, 0.5) is 21.7 Å². The molecule has 2 aromatic rings. The first-order chi connectivity index (χ1) is 14.0. The molecular formula is C20H25ClFN5O2. The minimum Gasteiger partial charge on any atom is -0.465 e. The smallest absolute Gasteiger partial charge is 0.319 e. The maximum Gasteiger partial charge on any atom is 0.319 e. The average molecular weight is 422 g/mol. The van der Waals surface area contributed by atoms with E-state index >= 15 is 0 Å². The van der Waals surface area contributed by atoms with Crippen molar-refractivity contribution in [2.45, 2.75) is 44.7 Å². The summed E-state index contributed by atoms with van der Waals surface area (Å²) in [4.78, 5) is 19.9. The maximum atomic E-state index is 13.3. The summed E-state index contributed by atoms with van der Waals surface area (Å²) >= 11 is 5.82. The van der Waals surface area contributed by atoms with Gasteiger partial charge in [0.15, 0.2) is 0 Å². The van der Waals surface area contributed by atoms with Gasteiger partial charge >= 0.3 is 5.97 Å². The molecule has 1 aliphatic carbocycles. The molecule has 1 aromatic heterocycles. The fourth-order valence-electron chi connectivity index (χ4n) is 3.32. The summed E-state index contributed by atoms with van der Waals surface area (Å²) in [6, 6.07) is 6.85. The molecule has 156 valence electrons. The molecule has 0 unspecified atom stereocenters. The Kier molecular flexibility index (Phi) is 7.60. The van der Waals surface area contributed by atoms with Crippen LogP contribution in [0, 0.1) is 5.82 Å². The Hall–Kier alpha value is -2.45. The minimum absolute atomic E-state index is 0.0516. The van der Waals surface area contributed by atoms with Gasteiger partial charge in [0, 0.05) is 23.8 Å². The summed E-state index contributed by atoms with van der Waals surface area (Å²) in [7, 11) is 0. The number of ether oxygens (including phenoxy) is 1. The van der Waals surface area contributed by atoms with E-state index in [2.05, 4.69) is 25.9 Å². The number of rotatable bonds is 8. The Morgan fingerprint density at radius 2 is 1.90 bits per heavy atom. The highest BCUT2D eigenvalue weighted by Crippen LogP contribution is 2.24. The average Bonchev–Trinajstić information content (AvgIpc) is 2.71. The molecule has 0 radical (unpaired) electrons. The molecule has 1 aromatic carbocycles. The summed E-state index contributed by atoms with van der Waals surface area (Å²) in [5.41, 5.74) is 0.647. The van der Waals surface area contributed by atoms with Crippen molar-refractivity contribution < 1.29 is 13.9 Å². The lowest BCUT2D eigenvalue weighted by Gasteiger charge is -2.29. The quantitative estimate of drug-likeness (QED) is 0.557. The Morgan fingerprint density at radius 1 is 1.17 bits per heavy atom. The predicted octanol–water partition coefficient (Wildman–Crippen LogP) is 3.89. The molecule has 1 saturated carbocycles. The number of carbonyl (C=O) groups excluding carboxylic acids is 1. The molecule has 0 aliphatic heterocycles. The Bertz CT molecular complexity index is 830. The van der Waals surface area contributed by atoms with Crippen LogP contribution < -0.4 is 16.0 Å². The number of nitrogens with one attached hydrogen (secondary N) is 3. The van der Waals surface area contributed by atoms with Gasteiger partial charge in [0.05, 0.1) is 18.2 Å². The maximum absolute atomic E-state index is 13.3. The van der Waals surface area contributed by atoms with E-state index in [1.54, 1.807) is 13.0 Å². The molecule has 3 rings (SSSR count). The van der Waals surface area contributed by atoms with E-state index in [0.717, 1.165) is 31.5 Å². The molecule has 29 heavy (non-hydrogen) atoms. The van der Waals surface area contributed by atoms with Gasteiger partial charge in [-0.2, -0.15) is 0 Å². The van der Waals surface area contributed by atoms with Gasteiger partial charge in [0.2, 0.25) is 0 Å². The summed E-state index contributed by atoms with van der Waals surface area (Å²) < 4.78 is 18.2. The zero-order valence-electron chi connectivity index (χ0n) is 16.3. The molecular weight excluding hydrogens is 397 g/mol. The number of carbonyl (C=O) groups is 1. The van der Waals surface area contributed by atoms with Crippen LogP contribution in [0.15, 0.2) is 30.6 Å². The van der Waals surface area contributed by atoms with Crippen molar-refractivity contribution in [2.24, 2.45) is 0 Å². The van der Waals surface area contributed by atoms with E-state index in [0.29, 0.717) is 30.2 Å². The number of benzene rings is 1. The summed E-state index contributed by atoms with van der Waals surface area (Å²) in [6.45, 7) is 2.46. The van der Waals surface area contributed by atoms with E-state index in [4.69, 9.17) is 16.3 Å². The molecule has 1 aliphatic rings. The lowest BCUT2D eigenvalue weighted by molar-refractivity contribution is -0.142. The third-order valence-corrected chi connectivity index (χ3v) is 5.07. The van der Waals surface area contributed by atoms with Crippen LogP contribution in [0.5, 0.6) is 0 Å². The van der Waals surface area contributed by atoms with Crippen LogP contribution in [0.25, 0.3) is 0 Å². The monoisotopic (exact) mass is 421 g/mol. The van der Waals surface area contributed by atoms with Crippen molar-refractivity contribution in [1.82, 2.24) is 15.3 Å². The highest BCUT2D eigenvalue weighted by atomic mass is 35.5. The second kappa shape index (κ2) is 10.4. The van der Waals surface area contributed by atoms with Gasteiger partial charge in [-0.25, -0.2) is 14.4 Å². The first kappa shape index (κ1) is 21.3. The van der Waals surface area contributed by atoms with Gasteiger partial charge in [-0.1, -0.05) is 11.6 Å². The molecule has 0 spiro atoms. The van der Waals surface area contributed by atoms with Gasteiger partial charge in [0.25, 0.3) is 0 Å². The third-order valence-electron chi connectivity index (χ3n) is 4.78. The number of hydrogen-bond acceptors (Lipinski definition) is 7. The van der Waals surface area contributed by atoms with E-state index in [1.165, 1.54) is 18.5 Å². The molecule has 9 heteroatoms. The van der Waals surface area contributed by atoms with Gasteiger partial charge in [0.1, 0.15) is 23.8 Å². The molecule has 0 atom stereocenters. The second-order valence-electron chi connectivity index (χ2n) is 6.92. The number of anilines is 3.